The van der Waals surface area contributed by atoms with Crippen LogP contribution in [0.1, 0.15) is 24.2 Å². The molecule has 1 N–H and O–H groups in total. The molecular weight excluding hydrogens is 350 g/mol. The van der Waals surface area contributed by atoms with Gasteiger partial charge in [-0.2, -0.15) is 0 Å². The Bertz CT molecular complexity index is 891. The van der Waals surface area contributed by atoms with E-state index in [1.54, 1.807) is 37.1 Å². The van der Waals surface area contributed by atoms with Crippen molar-refractivity contribution in [2.75, 3.05) is 12.4 Å². The fourth-order valence-corrected chi connectivity index (χ4v) is 3.17. The van der Waals surface area contributed by atoms with Gasteiger partial charge in [-0.1, -0.05) is 25.0 Å². The smallest absolute Gasteiger partial charge is 0.322 e. The van der Waals surface area contributed by atoms with Gasteiger partial charge in [-0.15, -0.1) is 16.9 Å². The summed E-state index contributed by atoms with van der Waals surface area (Å²) in [6.07, 6.45) is 0. The van der Waals surface area contributed by atoms with E-state index in [1.807, 2.05) is 30.3 Å². The highest BCUT2D eigenvalue weighted by Gasteiger charge is 2.13. The molecule has 1 heterocycles. The number of methoxy groups -OCH3 is 1. The standard InChI is InChI=1S/C19H19N3O3S/c1-12(2)26-16-6-4-5-14(11-16)17(23)20-19-22-21-18(25-19)13-7-9-15(24-3)10-8-13/h4-12H,1-3H3,(H,20,22,23). The number of benzene rings is 2. The van der Waals surface area contributed by atoms with Crippen LogP contribution in [0.3, 0.4) is 0 Å². The summed E-state index contributed by atoms with van der Waals surface area (Å²) in [6.45, 7) is 4.22. The SMILES string of the molecule is COc1ccc(-c2nnc(NC(=O)c3cccc(SC(C)C)c3)o2)cc1. The molecule has 1 amide bonds. The zero-order chi connectivity index (χ0) is 18.5. The first-order valence-electron chi connectivity index (χ1n) is 8.11. The van der Waals surface area contributed by atoms with Gasteiger partial charge in [0.25, 0.3) is 5.91 Å². The molecule has 0 radical (unpaired) electrons. The molecule has 7 heteroatoms. The number of hydrogen-bond donors (Lipinski definition) is 1. The molecule has 0 unspecified atom stereocenters. The third-order valence-electron chi connectivity index (χ3n) is 3.45. The minimum Gasteiger partial charge on any atom is -0.497 e. The summed E-state index contributed by atoms with van der Waals surface area (Å²) in [5.41, 5.74) is 1.29. The quantitative estimate of drug-likeness (QED) is 0.645. The molecule has 0 saturated carbocycles. The van der Waals surface area contributed by atoms with E-state index in [4.69, 9.17) is 9.15 Å². The lowest BCUT2D eigenvalue weighted by Gasteiger charge is -2.06. The normalized spacial score (nSPS) is 10.8. The number of carbonyl (C=O) groups is 1. The summed E-state index contributed by atoms with van der Waals surface area (Å²) < 4.78 is 10.7. The van der Waals surface area contributed by atoms with Crippen LogP contribution in [0.4, 0.5) is 6.01 Å². The molecule has 0 fully saturated rings. The molecule has 0 aliphatic carbocycles. The summed E-state index contributed by atoms with van der Waals surface area (Å²) in [5.74, 6) is 0.772. The van der Waals surface area contributed by atoms with Crippen molar-refractivity contribution in [1.82, 2.24) is 10.2 Å². The van der Waals surface area contributed by atoms with Gasteiger partial charge in [0.2, 0.25) is 5.89 Å². The van der Waals surface area contributed by atoms with E-state index in [2.05, 4.69) is 29.4 Å². The van der Waals surface area contributed by atoms with Crippen LogP contribution in [0.2, 0.25) is 0 Å². The van der Waals surface area contributed by atoms with Crippen molar-refractivity contribution in [3.63, 3.8) is 0 Å². The van der Waals surface area contributed by atoms with Crippen molar-refractivity contribution in [3.8, 4) is 17.2 Å². The minimum atomic E-state index is -0.291. The fraction of sp³-hybridized carbons (Fsp3) is 0.211. The monoisotopic (exact) mass is 369 g/mol. The first kappa shape index (κ1) is 18.0. The number of nitrogens with zero attached hydrogens (tertiary/aromatic N) is 2. The van der Waals surface area contributed by atoms with Crippen LogP contribution in [-0.4, -0.2) is 28.5 Å². The third-order valence-corrected chi connectivity index (χ3v) is 4.45. The summed E-state index contributed by atoms with van der Waals surface area (Å²) in [7, 11) is 1.60. The minimum absolute atomic E-state index is 0.0581. The fourth-order valence-electron chi connectivity index (χ4n) is 2.28. The Kier molecular flexibility index (Phi) is 5.58. The zero-order valence-corrected chi connectivity index (χ0v) is 15.5. The van der Waals surface area contributed by atoms with Gasteiger partial charge in [-0.25, -0.2) is 0 Å². The number of hydrogen-bond acceptors (Lipinski definition) is 6. The Morgan fingerprint density at radius 1 is 1.15 bits per heavy atom. The van der Waals surface area contributed by atoms with E-state index >= 15 is 0 Å². The second-order valence-corrected chi connectivity index (χ2v) is 7.44. The van der Waals surface area contributed by atoms with E-state index in [0.717, 1.165) is 16.2 Å². The zero-order valence-electron chi connectivity index (χ0n) is 14.7. The maximum atomic E-state index is 12.4. The molecule has 1 aromatic heterocycles. The summed E-state index contributed by atoms with van der Waals surface area (Å²) >= 11 is 1.70. The van der Waals surface area contributed by atoms with Crippen molar-refractivity contribution < 1.29 is 13.9 Å². The maximum Gasteiger partial charge on any atom is 0.322 e. The predicted molar refractivity (Wildman–Crippen MR) is 102 cm³/mol. The number of carbonyl (C=O) groups excluding carboxylic acids is 1. The molecule has 0 bridgehead atoms. The Hall–Kier alpha value is -2.80. The van der Waals surface area contributed by atoms with Crippen LogP contribution in [0.15, 0.2) is 57.8 Å². The molecule has 26 heavy (non-hydrogen) atoms. The number of aromatic nitrogens is 2. The number of amides is 1. The van der Waals surface area contributed by atoms with Crippen molar-refractivity contribution >= 4 is 23.7 Å². The number of anilines is 1. The largest absolute Gasteiger partial charge is 0.497 e. The highest BCUT2D eigenvalue weighted by molar-refractivity contribution is 7.99. The molecule has 2 aromatic carbocycles. The van der Waals surface area contributed by atoms with Gasteiger partial charge in [0.15, 0.2) is 0 Å². The molecular formula is C19H19N3O3S. The van der Waals surface area contributed by atoms with Crippen LogP contribution in [-0.2, 0) is 0 Å². The Balaban J connectivity index is 1.71. The average molecular weight is 369 g/mol. The van der Waals surface area contributed by atoms with Crippen LogP contribution < -0.4 is 10.1 Å². The van der Waals surface area contributed by atoms with Crippen LogP contribution in [0, 0.1) is 0 Å². The van der Waals surface area contributed by atoms with E-state index in [0.29, 0.717) is 16.7 Å². The van der Waals surface area contributed by atoms with E-state index < -0.39 is 0 Å². The van der Waals surface area contributed by atoms with Gasteiger partial charge in [0.1, 0.15) is 5.75 Å². The second-order valence-electron chi connectivity index (χ2n) is 5.79. The van der Waals surface area contributed by atoms with Crippen LogP contribution >= 0.6 is 11.8 Å². The number of nitrogens with one attached hydrogen (secondary N) is 1. The lowest BCUT2D eigenvalue weighted by atomic mass is 10.2. The highest BCUT2D eigenvalue weighted by Crippen LogP contribution is 2.25. The van der Waals surface area contributed by atoms with Gasteiger partial charge >= 0.3 is 6.01 Å². The lowest BCUT2D eigenvalue weighted by molar-refractivity contribution is 0.102. The van der Waals surface area contributed by atoms with E-state index in [1.165, 1.54) is 0 Å². The van der Waals surface area contributed by atoms with Crippen molar-refractivity contribution in [2.24, 2.45) is 0 Å². The van der Waals surface area contributed by atoms with E-state index in [9.17, 15) is 4.79 Å². The Morgan fingerprint density at radius 3 is 2.62 bits per heavy atom. The van der Waals surface area contributed by atoms with E-state index in [-0.39, 0.29) is 11.9 Å². The maximum absolute atomic E-state index is 12.4. The van der Waals surface area contributed by atoms with Gasteiger partial charge in [0.05, 0.1) is 7.11 Å². The first-order valence-corrected chi connectivity index (χ1v) is 8.99. The molecule has 134 valence electrons. The van der Waals surface area contributed by atoms with Crippen molar-refractivity contribution in [1.29, 1.82) is 0 Å². The van der Waals surface area contributed by atoms with Crippen molar-refractivity contribution in [2.45, 2.75) is 24.0 Å². The van der Waals surface area contributed by atoms with Gasteiger partial charge < -0.3 is 9.15 Å². The molecule has 0 aliphatic heterocycles. The number of ether oxygens (including phenoxy) is 1. The summed E-state index contributed by atoms with van der Waals surface area (Å²) in [5, 5.41) is 10.9. The molecule has 0 atom stereocenters. The Labute approximate surface area is 156 Å². The van der Waals surface area contributed by atoms with Crippen LogP contribution in [0.5, 0.6) is 5.75 Å². The molecule has 0 spiro atoms. The Morgan fingerprint density at radius 2 is 1.92 bits per heavy atom. The molecule has 6 nitrogen and oxygen atoms in total. The third kappa shape index (κ3) is 4.43. The van der Waals surface area contributed by atoms with Gasteiger partial charge in [-0.3, -0.25) is 10.1 Å². The lowest BCUT2D eigenvalue weighted by Crippen LogP contribution is -2.12. The summed E-state index contributed by atoms with van der Waals surface area (Å²) in [6, 6.07) is 14.7. The van der Waals surface area contributed by atoms with Gasteiger partial charge in [-0.05, 0) is 42.5 Å². The summed E-state index contributed by atoms with van der Waals surface area (Å²) in [4.78, 5) is 13.5. The predicted octanol–water partition coefficient (Wildman–Crippen LogP) is 4.50. The first-order chi connectivity index (χ1) is 12.5. The topological polar surface area (TPSA) is 77.3 Å². The molecule has 3 aromatic rings. The second kappa shape index (κ2) is 8.05. The van der Waals surface area contributed by atoms with Crippen molar-refractivity contribution in [3.05, 3.63) is 54.1 Å². The molecule has 0 saturated heterocycles. The molecule has 3 rings (SSSR count). The average Bonchev–Trinajstić information content (AvgIpc) is 3.10. The highest BCUT2D eigenvalue weighted by atomic mass is 32.2. The number of rotatable bonds is 6. The van der Waals surface area contributed by atoms with Gasteiger partial charge in [0, 0.05) is 21.3 Å². The number of thioether (sulfide) groups is 1. The molecule has 0 aliphatic rings. The van der Waals surface area contributed by atoms with Crippen LogP contribution in [0.25, 0.3) is 11.5 Å².